The summed E-state index contributed by atoms with van der Waals surface area (Å²) >= 11 is 2.40. The molecule has 1 atom stereocenters. The lowest BCUT2D eigenvalue weighted by atomic mass is 9.88. The van der Waals surface area contributed by atoms with Crippen LogP contribution in [0.5, 0.6) is 0 Å². The molecular weight excluding hydrogens is 322 g/mol. The van der Waals surface area contributed by atoms with Crippen LogP contribution in [0.1, 0.15) is 41.1 Å². The number of hydrogen-bond acceptors (Lipinski definition) is 6. The first-order valence-electron chi connectivity index (χ1n) is 7.08. The summed E-state index contributed by atoms with van der Waals surface area (Å²) in [6.07, 6.45) is 2.78. The van der Waals surface area contributed by atoms with Crippen molar-refractivity contribution in [2.45, 2.75) is 33.1 Å². The Kier molecular flexibility index (Phi) is 5.63. The molecule has 0 fully saturated rings. The maximum Gasteiger partial charge on any atom is 0.341 e. The third-order valence-corrected chi connectivity index (χ3v) is 5.54. The second kappa shape index (κ2) is 7.28. The number of carbonyl (C=O) groups is 3. The van der Waals surface area contributed by atoms with E-state index in [1.165, 1.54) is 25.4 Å². The van der Waals surface area contributed by atoms with Crippen molar-refractivity contribution >= 4 is 45.1 Å². The Morgan fingerprint density at radius 3 is 2.77 bits per heavy atom. The summed E-state index contributed by atoms with van der Waals surface area (Å²) in [5.41, 5.74) is 1.49. The van der Waals surface area contributed by atoms with Gasteiger partial charge < -0.3 is 10.1 Å². The highest BCUT2D eigenvalue weighted by Gasteiger charge is 2.28. The molecule has 0 bridgehead atoms. The fourth-order valence-electron chi connectivity index (χ4n) is 2.49. The lowest BCUT2D eigenvalue weighted by Crippen LogP contribution is -2.17. The molecule has 0 saturated heterocycles. The van der Waals surface area contributed by atoms with E-state index in [1.54, 1.807) is 0 Å². The van der Waals surface area contributed by atoms with E-state index >= 15 is 0 Å². The minimum absolute atomic E-state index is 0.0505. The fourth-order valence-corrected chi connectivity index (χ4v) is 4.31. The lowest BCUT2D eigenvalue weighted by Gasteiger charge is -2.18. The number of methoxy groups -OCH3 is 1. The highest BCUT2D eigenvalue weighted by Crippen LogP contribution is 2.40. The minimum Gasteiger partial charge on any atom is -0.465 e. The van der Waals surface area contributed by atoms with Gasteiger partial charge in [0.15, 0.2) is 5.12 Å². The molecule has 0 saturated carbocycles. The van der Waals surface area contributed by atoms with Crippen LogP contribution in [0.15, 0.2) is 0 Å². The number of fused-ring (bicyclic) bond motifs is 1. The zero-order chi connectivity index (χ0) is 16.3. The van der Waals surface area contributed by atoms with Crippen molar-refractivity contribution in [2.24, 2.45) is 5.92 Å². The first-order chi connectivity index (χ1) is 10.4. The van der Waals surface area contributed by atoms with Gasteiger partial charge in [0, 0.05) is 11.8 Å². The van der Waals surface area contributed by atoms with Gasteiger partial charge >= 0.3 is 5.97 Å². The molecule has 1 aromatic rings. The summed E-state index contributed by atoms with van der Waals surface area (Å²) in [7, 11) is 1.34. The molecule has 0 aromatic carbocycles. The van der Waals surface area contributed by atoms with Gasteiger partial charge in [-0.25, -0.2) is 4.79 Å². The van der Waals surface area contributed by atoms with Crippen molar-refractivity contribution < 1.29 is 19.1 Å². The van der Waals surface area contributed by atoms with Crippen molar-refractivity contribution in [2.75, 3.05) is 18.2 Å². The molecule has 5 nitrogen and oxygen atoms in total. The molecule has 1 heterocycles. The van der Waals surface area contributed by atoms with Crippen LogP contribution in [-0.2, 0) is 27.2 Å². The number of nitrogens with one attached hydrogen (secondary N) is 1. The number of esters is 1. The minimum atomic E-state index is -0.415. The van der Waals surface area contributed by atoms with E-state index in [-0.39, 0.29) is 16.8 Å². The van der Waals surface area contributed by atoms with Crippen LogP contribution in [0.4, 0.5) is 5.00 Å². The zero-order valence-electron chi connectivity index (χ0n) is 12.9. The van der Waals surface area contributed by atoms with Gasteiger partial charge in [-0.05, 0) is 30.7 Å². The third-order valence-electron chi connectivity index (χ3n) is 3.56. The summed E-state index contributed by atoms with van der Waals surface area (Å²) in [4.78, 5) is 36.1. The van der Waals surface area contributed by atoms with Crippen LogP contribution in [0.25, 0.3) is 0 Å². The molecule has 1 N–H and O–H groups in total. The van der Waals surface area contributed by atoms with Gasteiger partial charge in [0.25, 0.3) is 0 Å². The summed E-state index contributed by atoms with van der Waals surface area (Å²) < 4.78 is 4.87. The van der Waals surface area contributed by atoms with Crippen molar-refractivity contribution in [3.63, 3.8) is 0 Å². The second-order valence-corrected chi connectivity index (χ2v) is 7.63. The highest BCUT2D eigenvalue weighted by molar-refractivity contribution is 8.14. The van der Waals surface area contributed by atoms with E-state index in [0.717, 1.165) is 41.5 Å². The summed E-state index contributed by atoms with van der Waals surface area (Å²) in [5.74, 6) is -0.0680. The Balaban J connectivity index is 2.24. The van der Waals surface area contributed by atoms with Crippen LogP contribution < -0.4 is 5.32 Å². The van der Waals surface area contributed by atoms with Crippen molar-refractivity contribution in [3.05, 3.63) is 16.0 Å². The number of ether oxygens (including phenoxy) is 1. The maximum absolute atomic E-state index is 12.1. The molecular formula is C15H19NO4S2. The van der Waals surface area contributed by atoms with Gasteiger partial charge in [-0.1, -0.05) is 18.7 Å². The third kappa shape index (κ3) is 3.89. The van der Waals surface area contributed by atoms with Crippen LogP contribution in [0.2, 0.25) is 0 Å². The molecule has 0 radical (unpaired) electrons. The van der Waals surface area contributed by atoms with E-state index < -0.39 is 5.97 Å². The van der Waals surface area contributed by atoms with Gasteiger partial charge in [-0.15, -0.1) is 11.3 Å². The molecule has 1 aromatic heterocycles. The summed E-state index contributed by atoms with van der Waals surface area (Å²) in [6.45, 7) is 3.60. The van der Waals surface area contributed by atoms with Gasteiger partial charge in [0.1, 0.15) is 5.00 Å². The molecule has 1 aliphatic rings. The Morgan fingerprint density at radius 1 is 1.41 bits per heavy atom. The Morgan fingerprint density at radius 2 is 2.14 bits per heavy atom. The Bertz CT molecular complexity index is 609. The predicted octanol–water partition coefficient (Wildman–Crippen LogP) is 2.88. The van der Waals surface area contributed by atoms with Crippen molar-refractivity contribution in [3.8, 4) is 0 Å². The number of hydrogen-bond donors (Lipinski definition) is 1. The monoisotopic (exact) mass is 341 g/mol. The second-order valence-electron chi connectivity index (χ2n) is 5.38. The number of rotatable bonds is 4. The standard InChI is InChI=1S/C15H19NO4S2/c1-8-4-5-10-11(6-8)22-14(13(10)15(19)20-3)16-12(18)7-21-9(2)17/h8H,4-7H2,1-3H3,(H,16,18). The SMILES string of the molecule is COC(=O)c1c(NC(=O)CSC(C)=O)sc2c1CCC(C)C2. The molecule has 120 valence electrons. The number of thioether (sulfide) groups is 1. The topological polar surface area (TPSA) is 72.5 Å². The van der Waals surface area contributed by atoms with E-state index in [9.17, 15) is 14.4 Å². The fraction of sp³-hybridized carbons (Fsp3) is 0.533. The van der Waals surface area contributed by atoms with Gasteiger partial charge in [-0.2, -0.15) is 0 Å². The number of anilines is 1. The predicted molar refractivity (Wildman–Crippen MR) is 88.6 cm³/mol. The van der Waals surface area contributed by atoms with Crippen molar-refractivity contribution in [1.29, 1.82) is 0 Å². The average molecular weight is 341 g/mol. The van der Waals surface area contributed by atoms with E-state index in [0.29, 0.717) is 16.5 Å². The first-order valence-corrected chi connectivity index (χ1v) is 8.88. The summed E-state index contributed by atoms with van der Waals surface area (Å²) in [5, 5.41) is 3.19. The molecule has 22 heavy (non-hydrogen) atoms. The molecule has 2 rings (SSSR count). The molecule has 1 unspecified atom stereocenters. The lowest BCUT2D eigenvalue weighted by molar-refractivity contribution is -0.114. The van der Waals surface area contributed by atoms with Crippen LogP contribution in [0, 0.1) is 5.92 Å². The number of amides is 1. The quantitative estimate of drug-likeness (QED) is 0.853. The average Bonchev–Trinajstić information content (AvgIpc) is 2.81. The van der Waals surface area contributed by atoms with E-state index in [1.807, 2.05) is 0 Å². The van der Waals surface area contributed by atoms with Gasteiger partial charge in [0.05, 0.1) is 18.4 Å². The number of carbonyl (C=O) groups excluding carboxylic acids is 3. The summed E-state index contributed by atoms with van der Waals surface area (Å²) in [6, 6.07) is 0. The van der Waals surface area contributed by atoms with Crippen LogP contribution in [-0.4, -0.2) is 29.9 Å². The molecule has 7 heteroatoms. The largest absolute Gasteiger partial charge is 0.465 e. The van der Waals surface area contributed by atoms with Gasteiger partial charge in [-0.3, -0.25) is 9.59 Å². The smallest absolute Gasteiger partial charge is 0.341 e. The molecule has 1 amide bonds. The van der Waals surface area contributed by atoms with Gasteiger partial charge in [0.2, 0.25) is 5.91 Å². The zero-order valence-corrected chi connectivity index (χ0v) is 14.5. The van der Waals surface area contributed by atoms with Crippen LogP contribution in [0.3, 0.4) is 0 Å². The maximum atomic E-state index is 12.1. The Labute approximate surface area is 137 Å². The van der Waals surface area contributed by atoms with E-state index in [2.05, 4.69) is 12.2 Å². The molecule has 0 spiro atoms. The molecule has 1 aliphatic carbocycles. The van der Waals surface area contributed by atoms with E-state index in [4.69, 9.17) is 4.74 Å². The Hall–Kier alpha value is -1.34. The highest BCUT2D eigenvalue weighted by atomic mass is 32.2. The van der Waals surface area contributed by atoms with Crippen molar-refractivity contribution in [1.82, 2.24) is 0 Å². The first kappa shape index (κ1) is 17.0. The molecule has 0 aliphatic heterocycles. The normalized spacial score (nSPS) is 16.8. The number of thiophene rings is 1. The van der Waals surface area contributed by atoms with Crippen LogP contribution >= 0.6 is 23.1 Å².